The minimum atomic E-state index is -4.35. The highest BCUT2D eigenvalue weighted by atomic mass is 19.4. The fraction of sp³-hybridized carbons (Fsp3) is 0.667. The number of hydrogen-bond acceptors (Lipinski definition) is 3. The Morgan fingerprint density at radius 2 is 1.82 bits per heavy atom. The van der Waals surface area contributed by atoms with E-state index in [1.807, 2.05) is 4.90 Å². The molecule has 0 radical (unpaired) electrons. The maximum Gasteiger partial charge on any atom is 0.416 e. The van der Waals surface area contributed by atoms with Crippen LogP contribution in [0.15, 0.2) is 24.3 Å². The molecule has 0 spiro atoms. The monoisotopic (exact) mass is 398 g/mol. The van der Waals surface area contributed by atoms with Crippen LogP contribution in [0.1, 0.15) is 44.1 Å². The number of piperidine rings is 1. The predicted molar refractivity (Wildman–Crippen MR) is 101 cm³/mol. The maximum absolute atomic E-state index is 12.7. The summed E-state index contributed by atoms with van der Waals surface area (Å²) in [5.41, 5.74) is -0.685. The van der Waals surface area contributed by atoms with E-state index in [2.05, 4.69) is 4.90 Å². The van der Waals surface area contributed by atoms with Crippen LogP contribution in [0, 0.1) is 5.92 Å². The molecule has 1 aromatic carbocycles. The van der Waals surface area contributed by atoms with Crippen molar-refractivity contribution in [3.8, 4) is 5.75 Å². The molecule has 28 heavy (non-hydrogen) atoms. The third-order valence-corrected chi connectivity index (χ3v) is 5.68. The van der Waals surface area contributed by atoms with Gasteiger partial charge in [-0.1, -0.05) is 6.07 Å². The van der Waals surface area contributed by atoms with E-state index in [1.54, 1.807) is 6.07 Å². The fourth-order valence-electron chi connectivity index (χ4n) is 4.00. The number of carbonyl (C=O) groups is 1. The molecule has 0 saturated carbocycles. The summed E-state index contributed by atoms with van der Waals surface area (Å²) >= 11 is 0. The van der Waals surface area contributed by atoms with E-state index in [-0.39, 0.29) is 5.75 Å². The smallest absolute Gasteiger partial charge is 0.416 e. The Morgan fingerprint density at radius 3 is 2.50 bits per heavy atom. The first kappa shape index (κ1) is 21.0. The fourth-order valence-corrected chi connectivity index (χ4v) is 4.00. The molecule has 0 aliphatic carbocycles. The van der Waals surface area contributed by atoms with Crippen LogP contribution in [0.25, 0.3) is 0 Å². The number of nitrogens with zero attached hydrogens (tertiary/aromatic N) is 2. The van der Waals surface area contributed by atoms with E-state index in [1.165, 1.54) is 6.07 Å². The van der Waals surface area contributed by atoms with E-state index in [4.69, 9.17) is 4.74 Å². The van der Waals surface area contributed by atoms with Crippen molar-refractivity contribution in [2.45, 2.75) is 44.7 Å². The van der Waals surface area contributed by atoms with Gasteiger partial charge in [0.1, 0.15) is 5.75 Å². The summed E-state index contributed by atoms with van der Waals surface area (Å²) in [4.78, 5) is 16.6. The highest BCUT2D eigenvalue weighted by molar-refractivity contribution is 5.76. The Balaban J connectivity index is 1.31. The van der Waals surface area contributed by atoms with E-state index >= 15 is 0 Å². The number of ether oxygens (including phenoxy) is 1. The van der Waals surface area contributed by atoms with Crippen LogP contribution >= 0.6 is 0 Å². The molecule has 2 saturated heterocycles. The van der Waals surface area contributed by atoms with Gasteiger partial charge in [-0.25, -0.2) is 0 Å². The summed E-state index contributed by atoms with van der Waals surface area (Å²) < 4.78 is 43.6. The minimum Gasteiger partial charge on any atom is -0.494 e. The Kier molecular flexibility index (Phi) is 7.21. The molecule has 1 aromatic rings. The number of halogens is 3. The number of hydrogen-bond donors (Lipinski definition) is 0. The third kappa shape index (κ3) is 6.12. The maximum atomic E-state index is 12.7. The summed E-state index contributed by atoms with van der Waals surface area (Å²) in [6.07, 6.45) is 1.43. The summed E-state index contributed by atoms with van der Waals surface area (Å²) in [5, 5.41) is 0. The van der Waals surface area contributed by atoms with E-state index in [0.717, 1.165) is 77.0 Å². The van der Waals surface area contributed by atoms with Gasteiger partial charge >= 0.3 is 6.18 Å². The summed E-state index contributed by atoms with van der Waals surface area (Å²) in [6, 6.07) is 5.01. The molecule has 1 amide bonds. The first-order valence-corrected chi connectivity index (χ1v) is 10.2. The first-order chi connectivity index (χ1) is 13.4. The molecule has 0 atom stereocenters. The van der Waals surface area contributed by atoms with E-state index in [9.17, 15) is 18.0 Å². The average molecular weight is 398 g/mol. The standard InChI is InChI=1S/C21H29F3N2O2/c22-21(23,24)18-5-3-6-19(16-18)28-14-4-9-25-12-7-17(8-13-25)15-20(27)26-10-1-2-11-26/h3,5-6,16-17H,1-2,4,7-15H2. The van der Waals surface area contributed by atoms with Crippen molar-refractivity contribution < 1.29 is 22.7 Å². The van der Waals surface area contributed by atoms with Gasteiger partial charge in [-0.2, -0.15) is 13.2 Å². The van der Waals surface area contributed by atoms with Crippen molar-refractivity contribution in [1.82, 2.24) is 9.80 Å². The second-order valence-corrected chi connectivity index (χ2v) is 7.80. The van der Waals surface area contributed by atoms with Crippen molar-refractivity contribution in [1.29, 1.82) is 0 Å². The lowest BCUT2D eigenvalue weighted by Gasteiger charge is -2.32. The van der Waals surface area contributed by atoms with Gasteiger partial charge in [0.05, 0.1) is 12.2 Å². The van der Waals surface area contributed by atoms with E-state index in [0.29, 0.717) is 24.9 Å². The largest absolute Gasteiger partial charge is 0.494 e. The Morgan fingerprint density at radius 1 is 1.11 bits per heavy atom. The van der Waals surface area contributed by atoms with Crippen molar-refractivity contribution in [3.63, 3.8) is 0 Å². The zero-order chi connectivity index (χ0) is 20.0. The van der Waals surface area contributed by atoms with Crippen LogP contribution in [0.2, 0.25) is 0 Å². The Bertz CT molecular complexity index is 637. The van der Waals surface area contributed by atoms with Gasteiger partial charge in [0.15, 0.2) is 0 Å². The molecular formula is C21H29F3N2O2. The lowest BCUT2D eigenvalue weighted by Crippen LogP contribution is -2.37. The number of likely N-dealkylation sites (tertiary alicyclic amines) is 2. The molecule has 156 valence electrons. The minimum absolute atomic E-state index is 0.258. The van der Waals surface area contributed by atoms with Gasteiger partial charge in [0.2, 0.25) is 5.91 Å². The number of amides is 1. The molecule has 2 aliphatic rings. The quantitative estimate of drug-likeness (QED) is 0.646. The van der Waals surface area contributed by atoms with Crippen molar-refractivity contribution in [2.24, 2.45) is 5.92 Å². The molecule has 0 bridgehead atoms. The van der Waals surface area contributed by atoms with Gasteiger partial charge in [0.25, 0.3) is 0 Å². The van der Waals surface area contributed by atoms with Crippen molar-refractivity contribution in [2.75, 3.05) is 39.3 Å². The number of carbonyl (C=O) groups excluding carboxylic acids is 1. The first-order valence-electron chi connectivity index (χ1n) is 10.2. The second-order valence-electron chi connectivity index (χ2n) is 7.80. The molecule has 2 heterocycles. The molecule has 3 rings (SSSR count). The topological polar surface area (TPSA) is 32.8 Å². The zero-order valence-electron chi connectivity index (χ0n) is 16.2. The summed E-state index contributed by atoms with van der Waals surface area (Å²) in [5.74, 6) is 1.05. The highest BCUT2D eigenvalue weighted by Crippen LogP contribution is 2.31. The van der Waals surface area contributed by atoms with Crippen LogP contribution in [-0.2, 0) is 11.0 Å². The van der Waals surface area contributed by atoms with Crippen LogP contribution in [0.4, 0.5) is 13.2 Å². The number of benzene rings is 1. The zero-order valence-corrected chi connectivity index (χ0v) is 16.2. The predicted octanol–water partition coefficient (Wildman–Crippen LogP) is 4.20. The van der Waals surface area contributed by atoms with Gasteiger partial charge in [-0.05, 0) is 69.3 Å². The summed E-state index contributed by atoms with van der Waals surface area (Å²) in [6.45, 7) is 5.05. The van der Waals surface area contributed by atoms with Gasteiger partial charge in [-0.15, -0.1) is 0 Å². The highest BCUT2D eigenvalue weighted by Gasteiger charge is 2.30. The Labute approximate surface area is 164 Å². The molecule has 2 fully saturated rings. The summed E-state index contributed by atoms with van der Waals surface area (Å²) in [7, 11) is 0. The average Bonchev–Trinajstić information content (AvgIpc) is 3.21. The molecule has 7 heteroatoms. The normalized spacial score (nSPS) is 19.2. The lowest BCUT2D eigenvalue weighted by molar-refractivity contribution is -0.137. The molecule has 4 nitrogen and oxygen atoms in total. The van der Waals surface area contributed by atoms with Gasteiger partial charge in [-0.3, -0.25) is 4.79 Å². The second kappa shape index (κ2) is 9.63. The van der Waals surface area contributed by atoms with Crippen LogP contribution in [0.5, 0.6) is 5.75 Å². The van der Waals surface area contributed by atoms with Crippen molar-refractivity contribution in [3.05, 3.63) is 29.8 Å². The van der Waals surface area contributed by atoms with Gasteiger partial charge in [0, 0.05) is 26.1 Å². The lowest BCUT2D eigenvalue weighted by atomic mass is 9.93. The van der Waals surface area contributed by atoms with Crippen LogP contribution in [0.3, 0.4) is 0 Å². The molecule has 0 N–H and O–H groups in total. The molecule has 0 unspecified atom stereocenters. The van der Waals surface area contributed by atoms with E-state index < -0.39 is 11.7 Å². The third-order valence-electron chi connectivity index (χ3n) is 5.68. The molecule has 2 aliphatic heterocycles. The molecule has 0 aromatic heterocycles. The molecular weight excluding hydrogens is 369 g/mol. The van der Waals surface area contributed by atoms with Crippen molar-refractivity contribution >= 4 is 5.91 Å². The van der Waals surface area contributed by atoms with Gasteiger partial charge < -0.3 is 14.5 Å². The SMILES string of the molecule is O=C(CC1CCN(CCCOc2cccc(C(F)(F)F)c2)CC1)N1CCCC1. The Hall–Kier alpha value is -1.76. The van der Waals surface area contributed by atoms with Crippen LogP contribution < -0.4 is 4.74 Å². The van der Waals surface area contributed by atoms with Crippen LogP contribution in [-0.4, -0.2) is 55.0 Å². The number of rotatable bonds is 7. The number of alkyl halides is 3.